The monoisotopic (exact) mass is 122 g/mol. The van der Waals surface area contributed by atoms with Crippen LogP contribution in [-0.4, -0.2) is 7.28 Å². The Bertz CT molecular complexity index is 80.7. The first-order chi connectivity index (χ1) is 4.41. The molecule has 0 saturated heterocycles. The average molecular weight is 122 g/mol. The first-order valence-corrected chi connectivity index (χ1v) is 3.64. The van der Waals surface area contributed by atoms with Crippen LogP contribution in [0.3, 0.4) is 0 Å². The number of hydrogen-bond donors (Lipinski definition) is 0. The zero-order valence-electron chi connectivity index (χ0n) is 6.43. The highest BCUT2D eigenvalue weighted by molar-refractivity contribution is 6.36. The Kier molecular flexibility index (Phi) is 7.16. The zero-order chi connectivity index (χ0) is 6.95. The van der Waals surface area contributed by atoms with Crippen LogP contribution in [0.25, 0.3) is 0 Å². The van der Waals surface area contributed by atoms with Crippen molar-refractivity contribution in [2.75, 3.05) is 0 Å². The molecular weight excluding hydrogens is 107 g/mol. The van der Waals surface area contributed by atoms with Gasteiger partial charge in [-0.15, -0.1) is 0 Å². The zero-order valence-corrected chi connectivity index (χ0v) is 6.43. The highest BCUT2D eigenvalue weighted by Gasteiger charge is 1.80. The van der Waals surface area contributed by atoms with Crippen molar-refractivity contribution in [1.29, 1.82) is 0 Å². The van der Waals surface area contributed by atoms with E-state index in [-0.39, 0.29) is 0 Å². The fourth-order valence-electron chi connectivity index (χ4n) is 0.687. The Morgan fingerprint density at radius 3 is 1.78 bits per heavy atom. The van der Waals surface area contributed by atoms with Crippen LogP contribution >= 0.6 is 0 Å². The van der Waals surface area contributed by atoms with Crippen LogP contribution in [0.15, 0.2) is 24.3 Å². The SMILES string of the molecule is CC=CCBCC=CC. The third-order valence-corrected chi connectivity index (χ3v) is 1.21. The van der Waals surface area contributed by atoms with Gasteiger partial charge in [0.05, 0.1) is 0 Å². The summed E-state index contributed by atoms with van der Waals surface area (Å²) < 4.78 is 0. The Balaban J connectivity index is 2.91. The summed E-state index contributed by atoms with van der Waals surface area (Å²) in [5.41, 5.74) is 0. The molecule has 0 heterocycles. The molecule has 0 saturated carbocycles. The van der Waals surface area contributed by atoms with Gasteiger partial charge in [-0.1, -0.05) is 36.9 Å². The first kappa shape index (κ1) is 8.54. The Labute approximate surface area is 58.9 Å². The minimum absolute atomic E-state index is 1.22. The van der Waals surface area contributed by atoms with Crippen LogP contribution in [0.4, 0.5) is 0 Å². The predicted octanol–water partition coefficient (Wildman–Crippen LogP) is 2.41. The molecule has 0 amide bonds. The van der Waals surface area contributed by atoms with Crippen LogP contribution in [0, 0.1) is 0 Å². The minimum atomic E-state index is 1.22. The molecule has 50 valence electrons. The summed E-state index contributed by atoms with van der Waals surface area (Å²) in [6, 6.07) is 0. The lowest BCUT2D eigenvalue weighted by Crippen LogP contribution is -1.81. The molecule has 0 unspecified atom stereocenters. The second kappa shape index (κ2) is 7.54. The van der Waals surface area contributed by atoms with Crippen molar-refractivity contribution in [2.24, 2.45) is 0 Å². The summed E-state index contributed by atoms with van der Waals surface area (Å²) in [5, 5.41) is 0. The third kappa shape index (κ3) is 7.54. The number of rotatable bonds is 4. The van der Waals surface area contributed by atoms with Crippen molar-refractivity contribution in [3.05, 3.63) is 24.3 Å². The molecule has 1 heteroatoms. The summed E-state index contributed by atoms with van der Waals surface area (Å²) >= 11 is 0. The third-order valence-electron chi connectivity index (χ3n) is 1.21. The van der Waals surface area contributed by atoms with Crippen LogP contribution < -0.4 is 0 Å². The van der Waals surface area contributed by atoms with E-state index in [4.69, 9.17) is 0 Å². The topological polar surface area (TPSA) is 0 Å². The van der Waals surface area contributed by atoms with Crippen LogP contribution in [-0.2, 0) is 0 Å². The van der Waals surface area contributed by atoms with Crippen molar-refractivity contribution in [3.63, 3.8) is 0 Å². The van der Waals surface area contributed by atoms with Gasteiger partial charge in [-0.25, -0.2) is 0 Å². The molecule has 0 aromatic carbocycles. The highest BCUT2D eigenvalue weighted by atomic mass is 13.6. The molecule has 0 N–H and O–H groups in total. The predicted molar refractivity (Wildman–Crippen MR) is 46.4 cm³/mol. The molecule has 0 aromatic heterocycles. The molecule has 0 radical (unpaired) electrons. The molecule has 0 aliphatic heterocycles. The van der Waals surface area contributed by atoms with Crippen molar-refractivity contribution in [2.45, 2.75) is 26.5 Å². The molecule has 0 rings (SSSR count). The van der Waals surface area contributed by atoms with Crippen LogP contribution in [0.1, 0.15) is 13.8 Å². The van der Waals surface area contributed by atoms with Crippen LogP contribution in [0.2, 0.25) is 12.6 Å². The molecule has 0 aliphatic rings. The molecule has 0 aromatic rings. The normalized spacial score (nSPS) is 11.3. The molecule has 0 aliphatic carbocycles. The van der Waals surface area contributed by atoms with E-state index in [1.165, 1.54) is 19.9 Å². The lowest BCUT2D eigenvalue weighted by Gasteiger charge is -1.84. The second-order valence-electron chi connectivity index (χ2n) is 2.07. The van der Waals surface area contributed by atoms with Gasteiger partial charge in [0.1, 0.15) is 7.28 Å². The van der Waals surface area contributed by atoms with Gasteiger partial charge >= 0.3 is 0 Å². The summed E-state index contributed by atoms with van der Waals surface area (Å²) in [5.74, 6) is 0. The molecule has 0 bridgehead atoms. The summed E-state index contributed by atoms with van der Waals surface area (Å²) in [6.45, 7) is 4.13. The molecule has 9 heavy (non-hydrogen) atoms. The van der Waals surface area contributed by atoms with E-state index in [9.17, 15) is 0 Å². The van der Waals surface area contributed by atoms with Gasteiger partial charge in [-0.3, -0.25) is 0 Å². The summed E-state index contributed by atoms with van der Waals surface area (Å²) in [4.78, 5) is 0. The quantitative estimate of drug-likeness (QED) is 0.305. The van der Waals surface area contributed by atoms with Gasteiger partial charge < -0.3 is 0 Å². The van der Waals surface area contributed by atoms with Gasteiger partial charge in [0, 0.05) is 0 Å². The Hall–Kier alpha value is -0.455. The minimum Gasteiger partial charge on any atom is -0.0963 e. The van der Waals surface area contributed by atoms with E-state index in [2.05, 4.69) is 38.2 Å². The molecular formula is C8H15B. The summed E-state index contributed by atoms with van der Waals surface area (Å²) in [6.07, 6.45) is 11.1. The fourth-order valence-corrected chi connectivity index (χ4v) is 0.687. The first-order valence-electron chi connectivity index (χ1n) is 3.64. The van der Waals surface area contributed by atoms with Crippen molar-refractivity contribution < 1.29 is 0 Å². The van der Waals surface area contributed by atoms with Gasteiger partial charge in [-0.05, 0) is 13.8 Å². The Morgan fingerprint density at radius 2 is 1.44 bits per heavy atom. The maximum absolute atomic E-state index is 2.21. The smallest absolute Gasteiger partial charge is 0.0963 e. The lowest BCUT2D eigenvalue weighted by atomic mass is 9.71. The maximum Gasteiger partial charge on any atom is 0.129 e. The standard InChI is InChI=1S/C8H15B/c1-3-5-7-9-8-6-4-2/h3-6,9H,7-8H2,1-2H3. The van der Waals surface area contributed by atoms with Gasteiger partial charge in [0.25, 0.3) is 0 Å². The number of allylic oxidation sites excluding steroid dienone is 4. The number of hydrogen-bond acceptors (Lipinski definition) is 0. The van der Waals surface area contributed by atoms with Gasteiger partial charge in [0.15, 0.2) is 0 Å². The second-order valence-corrected chi connectivity index (χ2v) is 2.07. The largest absolute Gasteiger partial charge is 0.129 e. The van der Waals surface area contributed by atoms with Gasteiger partial charge in [0.2, 0.25) is 0 Å². The van der Waals surface area contributed by atoms with E-state index in [1.807, 2.05) is 0 Å². The molecule has 0 spiro atoms. The lowest BCUT2D eigenvalue weighted by molar-refractivity contribution is 1.53. The molecule has 0 nitrogen and oxygen atoms in total. The maximum atomic E-state index is 2.21. The molecule has 0 atom stereocenters. The van der Waals surface area contributed by atoms with Crippen molar-refractivity contribution >= 4 is 7.28 Å². The summed E-state index contributed by atoms with van der Waals surface area (Å²) in [7, 11) is 1.29. The van der Waals surface area contributed by atoms with E-state index in [1.54, 1.807) is 0 Å². The van der Waals surface area contributed by atoms with Crippen molar-refractivity contribution in [1.82, 2.24) is 0 Å². The molecule has 0 fully saturated rings. The Morgan fingerprint density at radius 1 is 1.00 bits per heavy atom. The van der Waals surface area contributed by atoms with E-state index < -0.39 is 0 Å². The van der Waals surface area contributed by atoms with Gasteiger partial charge in [-0.2, -0.15) is 0 Å². The van der Waals surface area contributed by atoms with E-state index in [0.29, 0.717) is 0 Å². The highest BCUT2D eigenvalue weighted by Crippen LogP contribution is 1.88. The average Bonchev–Trinajstić information content (AvgIpc) is 1.89. The van der Waals surface area contributed by atoms with Crippen LogP contribution in [0.5, 0.6) is 0 Å². The van der Waals surface area contributed by atoms with Crippen molar-refractivity contribution in [3.8, 4) is 0 Å². The van der Waals surface area contributed by atoms with E-state index in [0.717, 1.165) is 0 Å². The van der Waals surface area contributed by atoms with E-state index >= 15 is 0 Å². The fraction of sp³-hybridized carbons (Fsp3) is 0.500.